The number of carbonyl (C=O) groups is 3. The number of rotatable bonds is 8. The van der Waals surface area contributed by atoms with E-state index in [1.165, 1.54) is 0 Å². The van der Waals surface area contributed by atoms with Crippen molar-refractivity contribution < 1.29 is 33.5 Å². The third-order valence-electron chi connectivity index (χ3n) is 5.37. The lowest BCUT2D eigenvalue weighted by molar-refractivity contribution is -0.157. The second-order valence-electron chi connectivity index (χ2n) is 12.2. The van der Waals surface area contributed by atoms with Crippen LogP contribution in [-0.2, 0) is 28.4 Å². The molecule has 216 valence electrons. The molecule has 0 amide bonds. The summed E-state index contributed by atoms with van der Waals surface area (Å²) in [4.78, 5) is 44.4. The van der Waals surface area contributed by atoms with E-state index in [2.05, 4.69) is 4.90 Å². The van der Waals surface area contributed by atoms with E-state index < -0.39 is 24.3 Å². The van der Waals surface area contributed by atoms with Gasteiger partial charge in [-0.05, 0) is 54.9 Å². The Kier molecular flexibility index (Phi) is 13.2. The summed E-state index contributed by atoms with van der Waals surface area (Å²) in [5.74, 6) is -1.61. The molecular formula is C25H49N4O7P. The second kappa shape index (κ2) is 14.6. The van der Waals surface area contributed by atoms with Gasteiger partial charge in [-0.25, -0.2) is 0 Å². The van der Waals surface area contributed by atoms with Crippen LogP contribution in [0.4, 0.5) is 0 Å². The highest BCUT2D eigenvalue weighted by Gasteiger charge is 2.25. The van der Waals surface area contributed by atoms with Gasteiger partial charge < -0.3 is 19.1 Å². The molecule has 1 heterocycles. The van der Waals surface area contributed by atoms with Crippen LogP contribution >= 0.6 is 7.14 Å². The highest BCUT2D eigenvalue weighted by Crippen LogP contribution is 2.36. The Morgan fingerprint density at radius 2 is 0.946 bits per heavy atom. The van der Waals surface area contributed by atoms with Crippen LogP contribution in [0.15, 0.2) is 0 Å². The fourth-order valence-corrected chi connectivity index (χ4v) is 5.23. The zero-order chi connectivity index (χ0) is 28.4. The van der Waals surface area contributed by atoms with E-state index in [1.54, 1.807) is 13.3 Å². The molecule has 12 heteroatoms. The molecule has 0 unspecified atom stereocenters. The third kappa shape index (κ3) is 17.6. The van der Waals surface area contributed by atoms with Crippen molar-refractivity contribution in [2.45, 2.75) is 52.7 Å². The number of nitrogens with zero attached hydrogens (tertiary/aromatic N) is 4. The summed E-state index contributed by atoms with van der Waals surface area (Å²) in [6.45, 7) is 18.5. The van der Waals surface area contributed by atoms with E-state index in [4.69, 9.17) is 9.47 Å². The molecule has 0 bridgehead atoms. The lowest BCUT2D eigenvalue weighted by atomic mass is 10.2. The molecule has 0 radical (unpaired) electrons. The fourth-order valence-electron chi connectivity index (χ4n) is 3.98. The van der Waals surface area contributed by atoms with Crippen molar-refractivity contribution in [1.29, 1.82) is 0 Å². The summed E-state index contributed by atoms with van der Waals surface area (Å²) >= 11 is 0. The molecule has 1 saturated heterocycles. The standard InChI is InChI=1S/C25H49N4O7P/c1-24(2,3)35-22(32)18-27-11-9-26(17-21(30)31)10-12-28(19-23(33)36-25(4,5)6)14-16-29(15-13-27)20-37(7,8)34/h9-20H2,1-8H3,(H,30,31). The molecule has 1 aliphatic heterocycles. The predicted octanol–water partition coefficient (Wildman–Crippen LogP) is 1.56. The maximum atomic E-state index is 12.7. The van der Waals surface area contributed by atoms with E-state index in [0.29, 0.717) is 58.6 Å². The summed E-state index contributed by atoms with van der Waals surface area (Å²) < 4.78 is 23.7. The summed E-state index contributed by atoms with van der Waals surface area (Å²) in [5.41, 5.74) is -1.20. The molecule has 1 aliphatic rings. The van der Waals surface area contributed by atoms with Gasteiger partial charge in [-0.2, -0.15) is 0 Å². The van der Waals surface area contributed by atoms with E-state index in [9.17, 15) is 24.1 Å². The van der Waals surface area contributed by atoms with Gasteiger partial charge in [0.2, 0.25) is 0 Å². The van der Waals surface area contributed by atoms with Crippen molar-refractivity contribution in [3.05, 3.63) is 0 Å². The second-order valence-corrected chi connectivity index (χ2v) is 15.7. The Morgan fingerprint density at radius 1 is 0.649 bits per heavy atom. The Balaban J connectivity index is 3.07. The topological polar surface area (TPSA) is 120 Å². The average Bonchev–Trinajstić information content (AvgIpc) is 2.65. The average molecular weight is 549 g/mol. The Hall–Kier alpha value is -1.52. The van der Waals surface area contributed by atoms with Gasteiger partial charge in [0.15, 0.2) is 0 Å². The van der Waals surface area contributed by atoms with E-state index in [1.807, 2.05) is 56.2 Å². The first-order valence-electron chi connectivity index (χ1n) is 12.9. The number of hydrogen-bond acceptors (Lipinski definition) is 10. The molecule has 0 aromatic heterocycles. The first-order valence-corrected chi connectivity index (χ1v) is 15.7. The first-order chi connectivity index (χ1) is 16.8. The van der Waals surface area contributed by atoms with Gasteiger partial charge in [-0.1, -0.05) is 0 Å². The molecule has 1 fully saturated rings. The summed E-state index contributed by atoms with van der Waals surface area (Å²) in [5, 5.41) is 9.42. The molecule has 0 aromatic carbocycles. The van der Waals surface area contributed by atoms with Crippen molar-refractivity contribution in [1.82, 2.24) is 19.6 Å². The maximum Gasteiger partial charge on any atom is 0.320 e. The Bertz CT molecular complexity index is 758. The van der Waals surface area contributed by atoms with E-state index >= 15 is 0 Å². The minimum atomic E-state index is -2.36. The van der Waals surface area contributed by atoms with Gasteiger partial charge in [0.05, 0.1) is 33.1 Å². The molecular weight excluding hydrogens is 499 g/mol. The SMILES string of the molecule is CC(C)(C)OC(=O)CN1CCN(CC(=O)O)CCN(CC(=O)OC(C)(C)C)CCN(CP(C)(C)=O)CC1. The number of hydrogen-bond donors (Lipinski definition) is 1. The van der Waals surface area contributed by atoms with Gasteiger partial charge in [-0.15, -0.1) is 0 Å². The number of aliphatic carboxylic acids is 1. The van der Waals surface area contributed by atoms with Crippen molar-refractivity contribution in [3.8, 4) is 0 Å². The number of carbonyl (C=O) groups excluding carboxylic acids is 2. The molecule has 11 nitrogen and oxygen atoms in total. The summed E-state index contributed by atoms with van der Waals surface area (Å²) in [6, 6.07) is 0. The molecule has 0 saturated carbocycles. The zero-order valence-electron chi connectivity index (χ0n) is 24.1. The molecule has 0 atom stereocenters. The van der Waals surface area contributed by atoms with Crippen molar-refractivity contribution >= 4 is 25.0 Å². The molecule has 0 aliphatic carbocycles. The summed E-state index contributed by atoms with van der Waals surface area (Å²) in [6.07, 6.45) is 0.429. The van der Waals surface area contributed by atoms with Crippen molar-refractivity contribution in [3.63, 3.8) is 0 Å². The van der Waals surface area contributed by atoms with Gasteiger partial charge in [0.25, 0.3) is 0 Å². The van der Waals surface area contributed by atoms with Crippen LogP contribution in [-0.4, -0.2) is 145 Å². The Labute approximate surface area is 222 Å². The zero-order valence-corrected chi connectivity index (χ0v) is 25.0. The maximum absolute atomic E-state index is 12.7. The molecule has 37 heavy (non-hydrogen) atoms. The normalized spacial score (nSPS) is 19.0. The minimum absolute atomic E-state index is 0.0900. The van der Waals surface area contributed by atoms with Gasteiger partial charge in [0.1, 0.15) is 11.2 Å². The van der Waals surface area contributed by atoms with Crippen LogP contribution in [0.1, 0.15) is 41.5 Å². The van der Waals surface area contributed by atoms with E-state index in [-0.39, 0.29) is 31.6 Å². The third-order valence-corrected chi connectivity index (χ3v) is 6.46. The number of ether oxygens (including phenoxy) is 2. The largest absolute Gasteiger partial charge is 0.480 e. The van der Waals surface area contributed by atoms with Crippen LogP contribution in [0.5, 0.6) is 0 Å². The van der Waals surface area contributed by atoms with Gasteiger partial charge >= 0.3 is 17.9 Å². The van der Waals surface area contributed by atoms with Crippen LogP contribution in [0.3, 0.4) is 0 Å². The number of esters is 2. The number of carboxylic acids is 1. The van der Waals surface area contributed by atoms with Gasteiger partial charge in [0, 0.05) is 52.4 Å². The monoisotopic (exact) mass is 548 g/mol. The molecule has 0 aromatic rings. The quantitative estimate of drug-likeness (QED) is 0.351. The highest BCUT2D eigenvalue weighted by atomic mass is 31.2. The number of carboxylic acid groups (broad SMARTS) is 1. The fraction of sp³-hybridized carbons (Fsp3) is 0.880. The lowest BCUT2D eigenvalue weighted by Gasteiger charge is -2.34. The molecule has 1 N–H and O–H groups in total. The van der Waals surface area contributed by atoms with Crippen LogP contribution < -0.4 is 0 Å². The Morgan fingerprint density at radius 3 is 1.22 bits per heavy atom. The molecule has 1 rings (SSSR count). The minimum Gasteiger partial charge on any atom is -0.480 e. The van der Waals surface area contributed by atoms with Crippen LogP contribution in [0.2, 0.25) is 0 Å². The van der Waals surface area contributed by atoms with Crippen LogP contribution in [0.25, 0.3) is 0 Å². The predicted molar refractivity (Wildman–Crippen MR) is 145 cm³/mol. The van der Waals surface area contributed by atoms with Gasteiger partial charge in [-0.3, -0.25) is 34.0 Å². The smallest absolute Gasteiger partial charge is 0.320 e. The highest BCUT2D eigenvalue weighted by molar-refractivity contribution is 7.62. The van der Waals surface area contributed by atoms with Crippen LogP contribution in [0, 0.1) is 0 Å². The summed E-state index contributed by atoms with van der Waals surface area (Å²) in [7, 11) is -2.36. The van der Waals surface area contributed by atoms with E-state index in [0.717, 1.165) is 0 Å². The van der Waals surface area contributed by atoms with Crippen molar-refractivity contribution in [2.24, 2.45) is 0 Å². The lowest BCUT2D eigenvalue weighted by Crippen LogP contribution is -2.49. The molecule has 0 spiro atoms. The van der Waals surface area contributed by atoms with Crippen molar-refractivity contribution in [2.75, 3.05) is 91.6 Å². The first kappa shape index (κ1) is 33.5.